The number of nitriles is 1. The Hall–Kier alpha value is -3.15. The molecule has 0 amide bonds. The topological polar surface area (TPSA) is 98.6 Å². The quantitative estimate of drug-likeness (QED) is 0.120. The van der Waals surface area contributed by atoms with E-state index in [1.807, 2.05) is 0 Å². The first kappa shape index (κ1) is 30.8. The van der Waals surface area contributed by atoms with E-state index in [0.717, 1.165) is 90.8 Å². The molecule has 0 saturated carbocycles. The van der Waals surface area contributed by atoms with Crippen molar-refractivity contribution in [3.63, 3.8) is 0 Å². The van der Waals surface area contributed by atoms with E-state index in [1.54, 1.807) is 12.1 Å². The first-order valence-corrected chi connectivity index (χ1v) is 15.4. The Labute approximate surface area is 244 Å². The second kappa shape index (κ2) is 15.2. The van der Waals surface area contributed by atoms with Crippen molar-refractivity contribution in [2.75, 3.05) is 54.9 Å². The summed E-state index contributed by atoms with van der Waals surface area (Å²) in [5.41, 5.74) is 9.12. The van der Waals surface area contributed by atoms with Crippen LogP contribution in [0.3, 0.4) is 0 Å². The van der Waals surface area contributed by atoms with Crippen molar-refractivity contribution in [2.24, 2.45) is 5.92 Å². The number of nitrogen functional groups attached to an aromatic ring is 1. The lowest BCUT2D eigenvalue weighted by Crippen LogP contribution is -2.40. The van der Waals surface area contributed by atoms with E-state index in [2.05, 4.69) is 47.9 Å². The van der Waals surface area contributed by atoms with Crippen molar-refractivity contribution >= 4 is 22.8 Å². The highest BCUT2D eigenvalue weighted by atomic mass is 19.1. The Morgan fingerprint density at radius 2 is 1.66 bits per heavy atom. The van der Waals surface area contributed by atoms with E-state index in [9.17, 15) is 4.39 Å². The maximum atomic E-state index is 14.3. The Kier molecular flexibility index (Phi) is 11.4. The predicted molar refractivity (Wildman–Crippen MR) is 164 cm³/mol. The highest BCUT2D eigenvalue weighted by Gasteiger charge is 2.29. The molecule has 3 N–H and O–H groups in total. The Balaban J connectivity index is 1.36. The second-order valence-electron chi connectivity index (χ2n) is 11.4. The normalized spacial score (nSPS) is 18.1. The van der Waals surface area contributed by atoms with E-state index in [-0.39, 0.29) is 17.5 Å². The van der Waals surface area contributed by atoms with Gasteiger partial charge in [0.1, 0.15) is 17.6 Å². The summed E-state index contributed by atoms with van der Waals surface area (Å²) in [5, 5.41) is 17.0. The summed E-state index contributed by atoms with van der Waals surface area (Å²) in [4.78, 5) is 4.63. The molecule has 2 aromatic carbocycles. The Morgan fingerprint density at radius 3 is 2.27 bits per heavy atom. The number of ether oxygens (including phenoxy) is 2. The van der Waals surface area contributed by atoms with Crippen LogP contribution >= 0.6 is 0 Å². The lowest BCUT2D eigenvalue weighted by atomic mass is 9.89. The van der Waals surface area contributed by atoms with E-state index >= 15 is 0 Å². The maximum absolute atomic E-state index is 14.3. The third kappa shape index (κ3) is 7.78. The number of halogens is 1. The second-order valence-corrected chi connectivity index (χ2v) is 11.4. The number of anilines is 3. The SMILES string of the molecule is CCCCOC(OCCCC)C1CCN(c2ccc(C3CCCN(c4ccc(F)c(C(=N)C#N)c4N)C3)cc2)CC1. The number of nitrogens with zero attached hydrogens (tertiary/aromatic N) is 3. The Morgan fingerprint density at radius 1 is 1.00 bits per heavy atom. The zero-order valence-electron chi connectivity index (χ0n) is 24.7. The van der Waals surface area contributed by atoms with Gasteiger partial charge in [-0.05, 0) is 68.4 Å². The smallest absolute Gasteiger partial charge is 0.160 e. The summed E-state index contributed by atoms with van der Waals surface area (Å²) in [6, 6.07) is 13.7. The van der Waals surface area contributed by atoms with Crippen LogP contribution in [-0.2, 0) is 9.47 Å². The summed E-state index contributed by atoms with van der Waals surface area (Å²) in [6.07, 6.45) is 8.49. The number of unbranched alkanes of at least 4 members (excludes halogenated alkanes) is 2. The van der Waals surface area contributed by atoms with Crippen LogP contribution in [0.5, 0.6) is 0 Å². The standard InChI is InChI=1S/C33H46FN5O2/c1-3-5-20-40-33(41-21-6-4-2)25-15-18-38(19-16-25)27-11-9-24(10-12-27)26-8-7-17-39(23-26)30-14-13-28(34)31(32(30)37)29(36)22-35/h9-14,25-26,33,36H,3-8,15-21,23,37H2,1-2H3. The molecule has 41 heavy (non-hydrogen) atoms. The monoisotopic (exact) mass is 563 g/mol. The molecule has 1 unspecified atom stereocenters. The van der Waals surface area contributed by atoms with Crippen LogP contribution < -0.4 is 15.5 Å². The largest absolute Gasteiger partial charge is 0.396 e. The van der Waals surface area contributed by atoms with E-state index in [0.29, 0.717) is 17.5 Å². The molecule has 8 heteroatoms. The fourth-order valence-electron chi connectivity index (χ4n) is 6.03. The molecule has 2 saturated heterocycles. The van der Waals surface area contributed by atoms with Crippen molar-refractivity contribution in [1.29, 1.82) is 10.7 Å². The summed E-state index contributed by atoms with van der Waals surface area (Å²) in [5.74, 6) is 0.131. The summed E-state index contributed by atoms with van der Waals surface area (Å²) < 4.78 is 26.7. The average Bonchev–Trinajstić information content (AvgIpc) is 3.00. The van der Waals surface area contributed by atoms with E-state index < -0.39 is 11.5 Å². The van der Waals surface area contributed by atoms with Gasteiger partial charge < -0.3 is 25.0 Å². The minimum Gasteiger partial charge on any atom is -0.396 e. The molecule has 2 aliphatic rings. The van der Waals surface area contributed by atoms with Gasteiger partial charge in [-0.25, -0.2) is 4.39 Å². The van der Waals surface area contributed by atoms with Crippen molar-refractivity contribution in [3.8, 4) is 6.07 Å². The molecule has 0 bridgehead atoms. The molecule has 2 fully saturated rings. The number of hydrogen-bond donors (Lipinski definition) is 2. The zero-order chi connectivity index (χ0) is 29.2. The minimum absolute atomic E-state index is 0.0939. The van der Waals surface area contributed by atoms with Gasteiger partial charge in [-0.1, -0.05) is 38.8 Å². The molecular formula is C33H46FN5O2. The molecule has 1 atom stereocenters. The minimum atomic E-state index is -0.630. The molecule has 222 valence electrons. The third-order valence-corrected chi connectivity index (χ3v) is 8.51. The van der Waals surface area contributed by atoms with Gasteiger partial charge in [0.25, 0.3) is 0 Å². The number of hydrogen-bond acceptors (Lipinski definition) is 7. The van der Waals surface area contributed by atoms with Crippen LogP contribution in [0.25, 0.3) is 0 Å². The molecule has 4 rings (SSSR count). The molecule has 2 aromatic rings. The molecule has 0 radical (unpaired) electrons. The third-order valence-electron chi connectivity index (χ3n) is 8.51. The van der Waals surface area contributed by atoms with Crippen LogP contribution in [0.1, 0.15) is 82.3 Å². The molecule has 0 spiro atoms. The van der Waals surface area contributed by atoms with Gasteiger partial charge in [0, 0.05) is 56.9 Å². The van der Waals surface area contributed by atoms with Gasteiger partial charge in [0.2, 0.25) is 0 Å². The van der Waals surface area contributed by atoms with Crippen LogP contribution in [0, 0.1) is 28.5 Å². The number of rotatable bonds is 13. The number of benzene rings is 2. The van der Waals surface area contributed by atoms with Crippen LogP contribution in [-0.4, -0.2) is 51.4 Å². The highest BCUT2D eigenvalue weighted by Crippen LogP contribution is 2.36. The van der Waals surface area contributed by atoms with Gasteiger partial charge in [-0.3, -0.25) is 5.41 Å². The van der Waals surface area contributed by atoms with Gasteiger partial charge >= 0.3 is 0 Å². The molecule has 0 aliphatic carbocycles. The summed E-state index contributed by atoms with van der Waals surface area (Å²) >= 11 is 0. The van der Waals surface area contributed by atoms with Crippen molar-refractivity contribution in [1.82, 2.24) is 0 Å². The lowest BCUT2D eigenvalue weighted by Gasteiger charge is -2.37. The zero-order valence-corrected chi connectivity index (χ0v) is 24.7. The number of nitrogens with one attached hydrogen (secondary N) is 1. The number of piperidine rings is 2. The van der Waals surface area contributed by atoms with Crippen LogP contribution in [0.2, 0.25) is 0 Å². The van der Waals surface area contributed by atoms with Gasteiger partial charge in [0.05, 0.1) is 16.9 Å². The van der Waals surface area contributed by atoms with Crippen molar-refractivity contribution in [3.05, 3.63) is 53.3 Å². The molecular weight excluding hydrogens is 517 g/mol. The van der Waals surface area contributed by atoms with Gasteiger partial charge in [-0.2, -0.15) is 5.26 Å². The first-order chi connectivity index (χ1) is 20.0. The van der Waals surface area contributed by atoms with E-state index in [1.165, 1.54) is 17.3 Å². The summed E-state index contributed by atoms with van der Waals surface area (Å²) in [7, 11) is 0. The maximum Gasteiger partial charge on any atom is 0.160 e. The number of nitrogens with two attached hydrogens (primary N) is 1. The van der Waals surface area contributed by atoms with E-state index in [4.69, 9.17) is 25.9 Å². The molecule has 2 heterocycles. The fraction of sp³-hybridized carbons (Fsp3) is 0.576. The van der Waals surface area contributed by atoms with Crippen molar-refractivity contribution in [2.45, 2.75) is 77.4 Å². The first-order valence-electron chi connectivity index (χ1n) is 15.4. The van der Waals surface area contributed by atoms with Crippen LogP contribution in [0.15, 0.2) is 36.4 Å². The van der Waals surface area contributed by atoms with Gasteiger partial charge in [-0.15, -0.1) is 0 Å². The van der Waals surface area contributed by atoms with Crippen LogP contribution in [0.4, 0.5) is 21.5 Å². The average molecular weight is 564 g/mol. The molecule has 2 aliphatic heterocycles. The lowest BCUT2D eigenvalue weighted by molar-refractivity contribution is -0.177. The van der Waals surface area contributed by atoms with Crippen molar-refractivity contribution < 1.29 is 13.9 Å². The molecule has 7 nitrogen and oxygen atoms in total. The van der Waals surface area contributed by atoms with Gasteiger partial charge in [0.15, 0.2) is 6.29 Å². The molecule has 0 aromatic heterocycles. The highest BCUT2D eigenvalue weighted by molar-refractivity contribution is 6.14. The Bertz CT molecular complexity index is 1160. The fourth-order valence-corrected chi connectivity index (χ4v) is 6.03. The predicted octanol–water partition coefficient (Wildman–Crippen LogP) is 6.86. The summed E-state index contributed by atoms with van der Waals surface area (Å²) in [6.45, 7) is 9.48.